The second-order valence-electron chi connectivity index (χ2n) is 6.81. The summed E-state index contributed by atoms with van der Waals surface area (Å²) in [6.07, 6.45) is 0.951. The molecule has 0 bridgehead atoms. The number of nitrogens with zero attached hydrogens (tertiary/aromatic N) is 3. The quantitative estimate of drug-likeness (QED) is 0.398. The predicted molar refractivity (Wildman–Crippen MR) is 121 cm³/mol. The molecule has 4 rings (SSSR count). The van der Waals surface area contributed by atoms with Gasteiger partial charge in [-0.15, -0.1) is 0 Å². The van der Waals surface area contributed by atoms with Crippen molar-refractivity contribution in [1.29, 1.82) is 0 Å². The first-order valence-corrected chi connectivity index (χ1v) is 11.0. The van der Waals surface area contributed by atoms with Gasteiger partial charge in [-0.1, -0.05) is 67.2 Å². The Hall–Kier alpha value is -2.02. The Balaban J connectivity index is 1.81. The van der Waals surface area contributed by atoms with Crippen molar-refractivity contribution in [2.24, 2.45) is 4.99 Å². The van der Waals surface area contributed by atoms with Gasteiger partial charge in [0.05, 0.1) is 10.9 Å². The molecule has 0 radical (unpaired) electrons. The third kappa shape index (κ3) is 3.52. The minimum atomic E-state index is 0.0835. The molecule has 1 aliphatic rings. The maximum absolute atomic E-state index is 13.3. The Morgan fingerprint density at radius 1 is 1.18 bits per heavy atom. The number of para-hydroxylation sites is 1. The molecule has 0 N–H and O–H groups in total. The van der Waals surface area contributed by atoms with E-state index in [1.54, 1.807) is 23.7 Å². The Kier molecular flexibility index (Phi) is 5.62. The third-order valence-electron chi connectivity index (χ3n) is 4.93. The fraction of sp³-hybridized carbons (Fsp3) is 0.273. The molecule has 1 atom stereocenters. The fourth-order valence-corrected chi connectivity index (χ4v) is 5.92. The molecule has 1 aliphatic heterocycles. The third-order valence-corrected chi connectivity index (χ3v) is 7.30. The molecule has 0 fully saturated rings. The van der Waals surface area contributed by atoms with E-state index in [0.29, 0.717) is 0 Å². The molecule has 0 saturated heterocycles. The van der Waals surface area contributed by atoms with Crippen molar-refractivity contribution in [2.75, 3.05) is 13.7 Å². The lowest BCUT2D eigenvalue weighted by atomic mass is 10.0. The number of rotatable bonds is 5. The van der Waals surface area contributed by atoms with Crippen molar-refractivity contribution in [1.82, 2.24) is 8.87 Å². The van der Waals surface area contributed by atoms with Crippen molar-refractivity contribution < 1.29 is 4.79 Å². The summed E-state index contributed by atoms with van der Waals surface area (Å²) in [5.41, 5.74) is 3.66. The van der Waals surface area contributed by atoms with Gasteiger partial charge in [0.25, 0.3) is 0 Å². The molecule has 2 aromatic carbocycles. The number of thioether (sulfide) groups is 1. The zero-order valence-electron chi connectivity index (χ0n) is 16.3. The summed E-state index contributed by atoms with van der Waals surface area (Å²) in [4.78, 5) is 18.0. The van der Waals surface area contributed by atoms with Crippen LogP contribution >= 0.6 is 23.7 Å². The van der Waals surface area contributed by atoms with Crippen molar-refractivity contribution in [3.05, 3.63) is 71.4 Å². The number of hydrogen-bond acceptors (Lipinski definition) is 5. The van der Waals surface area contributed by atoms with E-state index in [1.807, 2.05) is 42.5 Å². The Morgan fingerprint density at radius 2 is 1.89 bits per heavy atom. The normalized spacial score (nSPS) is 15.8. The highest BCUT2D eigenvalue weighted by Gasteiger charge is 2.26. The number of ketones is 1. The van der Waals surface area contributed by atoms with Gasteiger partial charge in [0.15, 0.2) is 5.78 Å². The number of carbonyl (C=O) groups excluding carboxylic acids is 1. The number of hydrogen-bond donors (Lipinski definition) is 0. The molecule has 0 amide bonds. The van der Waals surface area contributed by atoms with E-state index in [2.05, 4.69) is 46.9 Å². The summed E-state index contributed by atoms with van der Waals surface area (Å²) in [6, 6.07) is 17.8. The van der Waals surface area contributed by atoms with Crippen LogP contribution in [0.2, 0.25) is 0 Å². The van der Waals surface area contributed by atoms with Crippen LogP contribution in [-0.4, -0.2) is 32.7 Å². The molecule has 1 unspecified atom stereocenters. The van der Waals surface area contributed by atoms with Gasteiger partial charge in [-0.25, -0.2) is 4.31 Å². The molecule has 6 heteroatoms. The highest BCUT2D eigenvalue weighted by molar-refractivity contribution is 8.38. The molecule has 2 heterocycles. The van der Waals surface area contributed by atoms with E-state index in [-0.39, 0.29) is 11.2 Å². The molecule has 144 valence electrons. The van der Waals surface area contributed by atoms with Crippen LogP contribution in [0.5, 0.6) is 0 Å². The standard InChI is InChI=1S/C22H23N3OS2/c1-4-19(27-22-23-14-24(3)28-22)25-15(2)20(17-12-8-9-13-18(17)25)21(26)16-10-6-5-7-11-16/h5-13,19H,4,14H2,1-3H3. The van der Waals surface area contributed by atoms with Gasteiger partial charge in [-0.3, -0.25) is 9.79 Å². The van der Waals surface area contributed by atoms with E-state index in [1.165, 1.54) is 0 Å². The predicted octanol–water partition coefficient (Wildman–Crippen LogP) is 5.73. The van der Waals surface area contributed by atoms with Crippen LogP contribution in [0.1, 0.15) is 40.3 Å². The van der Waals surface area contributed by atoms with Gasteiger partial charge in [-0.05, 0) is 38.4 Å². The summed E-state index contributed by atoms with van der Waals surface area (Å²) >= 11 is 3.47. The Morgan fingerprint density at radius 3 is 2.57 bits per heavy atom. The SMILES string of the molecule is CCC(SC1=NCN(C)S1)n1c(C)c(C(=O)c2ccccc2)c2ccccc21. The smallest absolute Gasteiger partial charge is 0.195 e. The summed E-state index contributed by atoms with van der Waals surface area (Å²) in [7, 11) is 2.05. The van der Waals surface area contributed by atoms with Crippen molar-refractivity contribution in [3.8, 4) is 0 Å². The van der Waals surface area contributed by atoms with Gasteiger partial charge in [-0.2, -0.15) is 0 Å². The number of aromatic nitrogens is 1. The van der Waals surface area contributed by atoms with E-state index in [9.17, 15) is 4.79 Å². The fourth-order valence-electron chi connectivity index (χ4n) is 3.62. The molecule has 0 spiro atoms. The number of aliphatic imine (C=N–C) groups is 1. The molecule has 4 nitrogen and oxygen atoms in total. The lowest BCUT2D eigenvalue weighted by Gasteiger charge is -2.20. The maximum atomic E-state index is 13.3. The summed E-state index contributed by atoms with van der Waals surface area (Å²) in [5.74, 6) is 0.0835. The van der Waals surface area contributed by atoms with Crippen LogP contribution in [0.4, 0.5) is 0 Å². The maximum Gasteiger partial charge on any atom is 0.195 e. The monoisotopic (exact) mass is 409 g/mol. The second kappa shape index (κ2) is 8.15. The van der Waals surface area contributed by atoms with Crippen molar-refractivity contribution >= 4 is 44.8 Å². The van der Waals surface area contributed by atoms with Gasteiger partial charge < -0.3 is 4.57 Å². The van der Waals surface area contributed by atoms with Crippen molar-refractivity contribution in [2.45, 2.75) is 25.6 Å². The zero-order valence-corrected chi connectivity index (χ0v) is 17.9. The van der Waals surface area contributed by atoms with E-state index in [0.717, 1.165) is 45.2 Å². The average Bonchev–Trinajstić information content (AvgIpc) is 3.26. The van der Waals surface area contributed by atoms with E-state index in [4.69, 9.17) is 0 Å². The van der Waals surface area contributed by atoms with Crippen LogP contribution in [0.15, 0.2) is 59.6 Å². The van der Waals surface area contributed by atoms with Gasteiger partial charge in [0.1, 0.15) is 11.0 Å². The highest BCUT2D eigenvalue weighted by Crippen LogP contribution is 2.40. The molecule has 1 aromatic heterocycles. The van der Waals surface area contributed by atoms with Gasteiger partial charge >= 0.3 is 0 Å². The highest BCUT2D eigenvalue weighted by atomic mass is 32.2. The summed E-state index contributed by atoms with van der Waals surface area (Å²) in [6.45, 7) is 4.98. The Bertz CT molecular complexity index is 1040. The molecule has 0 saturated carbocycles. The van der Waals surface area contributed by atoms with E-state index < -0.39 is 0 Å². The minimum absolute atomic E-state index is 0.0835. The molecule has 3 aromatic rings. The lowest BCUT2D eigenvalue weighted by Crippen LogP contribution is -2.10. The first kappa shape index (κ1) is 19.3. The van der Waals surface area contributed by atoms with Crippen LogP contribution in [-0.2, 0) is 0 Å². The van der Waals surface area contributed by atoms with Gasteiger partial charge in [0.2, 0.25) is 0 Å². The number of benzene rings is 2. The van der Waals surface area contributed by atoms with Crippen LogP contribution in [0.3, 0.4) is 0 Å². The Labute approximate surface area is 174 Å². The molecule has 0 aliphatic carbocycles. The van der Waals surface area contributed by atoms with E-state index >= 15 is 0 Å². The second-order valence-corrected chi connectivity index (χ2v) is 9.43. The molecular weight excluding hydrogens is 386 g/mol. The minimum Gasteiger partial charge on any atom is -0.331 e. The molecule has 28 heavy (non-hydrogen) atoms. The topological polar surface area (TPSA) is 37.6 Å². The largest absolute Gasteiger partial charge is 0.331 e. The van der Waals surface area contributed by atoms with Crippen LogP contribution in [0, 0.1) is 6.92 Å². The first-order valence-electron chi connectivity index (χ1n) is 9.39. The molecular formula is C22H23N3OS2. The zero-order chi connectivity index (χ0) is 19.7. The lowest BCUT2D eigenvalue weighted by molar-refractivity contribution is 0.103. The first-order chi connectivity index (χ1) is 13.6. The van der Waals surface area contributed by atoms with Crippen LogP contribution in [0.25, 0.3) is 10.9 Å². The van der Waals surface area contributed by atoms with Crippen LogP contribution < -0.4 is 0 Å². The average molecular weight is 410 g/mol. The number of carbonyl (C=O) groups is 1. The van der Waals surface area contributed by atoms with Gasteiger partial charge in [0, 0.05) is 22.2 Å². The summed E-state index contributed by atoms with van der Waals surface area (Å²) < 4.78 is 5.53. The van der Waals surface area contributed by atoms with Crippen molar-refractivity contribution in [3.63, 3.8) is 0 Å². The summed E-state index contributed by atoms with van der Waals surface area (Å²) in [5, 5.41) is 1.21. The number of fused-ring (bicyclic) bond motifs is 1.